The van der Waals surface area contributed by atoms with Crippen LogP contribution in [0.3, 0.4) is 0 Å². The topological polar surface area (TPSA) is 163 Å². The van der Waals surface area contributed by atoms with Crippen molar-refractivity contribution < 1.29 is 24.9 Å². The molecule has 0 saturated carbocycles. The third-order valence-electron chi connectivity index (χ3n) is 5.86. The number of piperazine rings is 1. The van der Waals surface area contributed by atoms with Crippen LogP contribution in [-0.2, 0) is 11.2 Å². The zero-order valence-electron chi connectivity index (χ0n) is 18.4. The quantitative estimate of drug-likeness (QED) is 0.405. The van der Waals surface area contributed by atoms with Crippen LogP contribution in [0.1, 0.15) is 17.8 Å². The van der Waals surface area contributed by atoms with Crippen LogP contribution >= 0.6 is 0 Å². The Balaban J connectivity index is 1.43. The number of benzene rings is 2. The number of anilines is 1. The average Bonchev–Trinajstić information content (AvgIpc) is 2.86. The van der Waals surface area contributed by atoms with Gasteiger partial charge in [0.05, 0.1) is 18.7 Å². The fraction of sp³-hybridized carbons (Fsp3) is 0.304. The molecule has 176 valence electrons. The Hall–Kier alpha value is -4.46. The van der Waals surface area contributed by atoms with Gasteiger partial charge in [-0.15, -0.1) is 0 Å². The lowest BCUT2D eigenvalue weighted by Crippen LogP contribution is -2.48. The fourth-order valence-electron chi connectivity index (χ4n) is 4.01. The van der Waals surface area contributed by atoms with Crippen molar-refractivity contribution in [3.63, 3.8) is 0 Å². The highest BCUT2D eigenvalue weighted by Crippen LogP contribution is 2.47. The predicted molar refractivity (Wildman–Crippen MR) is 122 cm³/mol. The zero-order valence-corrected chi connectivity index (χ0v) is 18.4. The number of amides is 1. The van der Waals surface area contributed by atoms with Crippen molar-refractivity contribution in [2.75, 3.05) is 38.2 Å². The number of fused-ring (bicyclic) bond motifs is 1. The van der Waals surface area contributed by atoms with E-state index in [-0.39, 0.29) is 41.2 Å². The van der Waals surface area contributed by atoms with Crippen LogP contribution in [0.2, 0.25) is 0 Å². The molecule has 0 radical (unpaired) electrons. The summed E-state index contributed by atoms with van der Waals surface area (Å²) >= 11 is 0. The Morgan fingerprint density at radius 1 is 1.12 bits per heavy atom. The number of hydrogen-bond acceptors (Lipinski definition) is 9. The monoisotopic (exact) mass is 465 g/mol. The van der Waals surface area contributed by atoms with E-state index < -0.39 is 22.8 Å². The average molecular weight is 465 g/mol. The summed E-state index contributed by atoms with van der Waals surface area (Å²) in [7, 11) is 1.23. The molecule has 0 unspecified atom stereocenters. The minimum Gasteiger partial charge on any atom is -0.504 e. The van der Waals surface area contributed by atoms with Gasteiger partial charge in [-0.25, -0.2) is 4.98 Å². The van der Waals surface area contributed by atoms with Crippen molar-refractivity contribution in [1.29, 1.82) is 5.26 Å². The maximum absolute atomic E-state index is 12.7. The summed E-state index contributed by atoms with van der Waals surface area (Å²) < 4.78 is 5.05. The van der Waals surface area contributed by atoms with Crippen molar-refractivity contribution in [3.8, 4) is 29.1 Å². The molecule has 1 aliphatic heterocycles. The number of ether oxygens (including phenoxy) is 1. The van der Waals surface area contributed by atoms with E-state index in [1.54, 1.807) is 17.0 Å². The molecule has 1 saturated heterocycles. The molecule has 0 aliphatic carbocycles. The number of methoxy groups -OCH3 is 1. The van der Waals surface area contributed by atoms with Crippen LogP contribution in [0.5, 0.6) is 23.0 Å². The maximum atomic E-state index is 12.7. The number of phenols is 3. The number of aromatic amines is 1. The molecular formula is C23H23N5O6. The van der Waals surface area contributed by atoms with E-state index in [1.165, 1.54) is 7.11 Å². The first-order chi connectivity index (χ1) is 16.3. The first-order valence-corrected chi connectivity index (χ1v) is 10.6. The molecule has 4 rings (SSSR count). The summed E-state index contributed by atoms with van der Waals surface area (Å²) in [5.74, 6) is -2.56. The molecule has 11 heteroatoms. The number of phenolic OH excluding ortho intramolecular Hbond substituents is 3. The van der Waals surface area contributed by atoms with E-state index >= 15 is 0 Å². The molecule has 1 aliphatic rings. The van der Waals surface area contributed by atoms with Crippen LogP contribution < -0.4 is 15.2 Å². The molecule has 0 atom stereocenters. The number of nitrogens with one attached hydrogen (secondary N) is 1. The first-order valence-electron chi connectivity index (χ1n) is 10.6. The van der Waals surface area contributed by atoms with Gasteiger partial charge >= 0.3 is 0 Å². The summed E-state index contributed by atoms with van der Waals surface area (Å²) in [6.45, 7) is 2.38. The minimum atomic E-state index is -0.875. The van der Waals surface area contributed by atoms with Gasteiger partial charge in [0.25, 0.3) is 5.56 Å². The molecule has 4 N–H and O–H groups in total. The summed E-state index contributed by atoms with van der Waals surface area (Å²) in [6.07, 6.45) is 0.231. The predicted octanol–water partition coefficient (Wildman–Crippen LogP) is 1.20. The largest absolute Gasteiger partial charge is 0.504 e. The fourth-order valence-corrected chi connectivity index (χ4v) is 4.01. The summed E-state index contributed by atoms with van der Waals surface area (Å²) in [6, 6.07) is 9.40. The standard InChI is InChI=1S/C23H23N5O6/c1-34-22-18-17(19(30)20(31)21(22)32)23(33)26-15(25-18)6-7-16(29)28-10-8-27(9-11-28)14-4-2-13(12-24)3-5-14/h2-5,30-32H,6-11H2,1H3,(H,25,26,33). The van der Waals surface area contributed by atoms with Gasteiger partial charge in [0.15, 0.2) is 11.5 Å². The lowest BCUT2D eigenvalue weighted by Gasteiger charge is -2.36. The Kier molecular flexibility index (Phi) is 6.14. The van der Waals surface area contributed by atoms with Gasteiger partial charge in [-0.2, -0.15) is 5.26 Å². The minimum absolute atomic E-state index is 0.0920. The van der Waals surface area contributed by atoms with Crippen molar-refractivity contribution >= 4 is 22.5 Å². The Morgan fingerprint density at radius 2 is 1.79 bits per heavy atom. The van der Waals surface area contributed by atoms with E-state index in [2.05, 4.69) is 20.9 Å². The van der Waals surface area contributed by atoms with Crippen molar-refractivity contribution in [2.45, 2.75) is 12.8 Å². The van der Waals surface area contributed by atoms with Gasteiger partial charge in [-0.05, 0) is 24.3 Å². The highest BCUT2D eigenvalue weighted by molar-refractivity contribution is 5.94. The van der Waals surface area contributed by atoms with Crippen molar-refractivity contribution in [3.05, 3.63) is 46.0 Å². The van der Waals surface area contributed by atoms with E-state index in [4.69, 9.17) is 10.00 Å². The summed E-state index contributed by atoms with van der Waals surface area (Å²) in [4.78, 5) is 35.9. The molecule has 11 nitrogen and oxygen atoms in total. The Bertz CT molecular complexity index is 1340. The molecule has 34 heavy (non-hydrogen) atoms. The third-order valence-corrected chi connectivity index (χ3v) is 5.86. The maximum Gasteiger partial charge on any atom is 0.262 e. The first kappa shape index (κ1) is 22.7. The highest BCUT2D eigenvalue weighted by Gasteiger charge is 2.24. The van der Waals surface area contributed by atoms with Crippen molar-refractivity contribution in [1.82, 2.24) is 14.9 Å². The second-order valence-corrected chi connectivity index (χ2v) is 7.84. The van der Waals surface area contributed by atoms with Gasteiger partial charge in [0.2, 0.25) is 17.4 Å². The lowest BCUT2D eigenvalue weighted by molar-refractivity contribution is -0.131. The molecule has 1 fully saturated rings. The SMILES string of the molecule is COc1c(O)c(O)c(O)c2c(=O)[nH]c(CCC(=O)N3CCN(c4ccc(C#N)cc4)CC3)nc12. The lowest BCUT2D eigenvalue weighted by atomic mass is 10.1. The summed E-state index contributed by atoms with van der Waals surface area (Å²) in [5, 5.41) is 38.5. The van der Waals surface area contributed by atoms with E-state index in [9.17, 15) is 24.9 Å². The number of rotatable bonds is 5. The number of hydrogen-bond donors (Lipinski definition) is 4. The summed E-state index contributed by atoms with van der Waals surface area (Å²) in [5.41, 5.74) is 0.750. The van der Waals surface area contributed by atoms with Gasteiger partial charge in [0, 0.05) is 44.7 Å². The molecule has 2 heterocycles. The molecular weight excluding hydrogens is 442 g/mol. The number of nitriles is 1. The highest BCUT2D eigenvalue weighted by atomic mass is 16.5. The number of H-pyrrole nitrogens is 1. The molecule has 0 spiro atoms. The molecule has 1 aromatic heterocycles. The van der Waals surface area contributed by atoms with Gasteiger partial charge < -0.3 is 34.8 Å². The van der Waals surface area contributed by atoms with Crippen LogP contribution in [0.15, 0.2) is 29.1 Å². The second kappa shape index (κ2) is 9.19. The number of aromatic nitrogens is 2. The van der Waals surface area contributed by atoms with E-state index in [0.717, 1.165) is 5.69 Å². The van der Waals surface area contributed by atoms with Gasteiger partial charge in [0.1, 0.15) is 16.7 Å². The van der Waals surface area contributed by atoms with Gasteiger partial charge in [-0.1, -0.05) is 0 Å². The van der Waals surface area contributed by atoms with Crippen LogP contribution in [0, 0.1) is 11.3 Å². The second-order valence-electron chi connectivity index (χ2n) is 7.84. The van der Waals surface area contributed by atoms with Crippen LogP contribution in [-0.4, -0.2) is 69.4 Å². The Labute approximate surface area is 194 Å². The normalized spacial score (nSPS) is 13.6. The van der Waals surface area contributed by atoms with E-state index in [1.807, 2.05) is 12.1 Å². The van der Waals surface area contributed by atoms with Gasteiger partial charge in [-0.3, -0.25) is 9.59 Å². The Morgan fingerprint density at radius 3 is 2.41 bits per heavy atom. The number of carbonyl (C=O) groups is 1. The van der Waals surface area contributed by atoms with Crippen LogP contribution in [0.4, 0.5) is 5.69 Å². The number of aryl methyl sites for hydroxylation is 1. The van der Waals surface area contributed by atoms with Crippen molar-refractivity contribution in [2.24, 2.45) is 0 Å². The molecule has 1 amide bonds. The smallest absolute Gasteiger partial charge is 0.262 e. The number of carbonyl (C=O) groups excluding carboxylic acids is 1. The number of aromatic hydroxyl groups is 3. The molecule has 0 bridgehead atoms. The zero-order chi connectivity index (χ0) is 24.4. The molecule has 3 aromatic rings. The van der Waals surface area contributed by atoms with Crippen LogP contribution in [0.25, 0.3) is 10.9 Å². The molecule has 2 aromatic carbocycles. The van der Waals surface area contributed by atoms with E-state index in [0.29, 0.717) is 31.7 Å². The third kappa shape index (κ3) is 4.13. The number of nitrogens with zero attached hydrogens (tertiary/aromatic N) is 4.